The minimum Gasteiger partial charge on any atom is -0.399 e. The molecule has 0 spiro atoms. The minimum atomic E-state index is 0.440. The van der Waals surface area contributed by atoms with E-state index in [2.05, 4.69) is 0 Å². The van der Waals surface area contributed by atoms with Crippen LogP contribution in [0.3, 0.4) is 0 Å². The first-order valence-electron chi connectivity index (χ1n) is 7.27. The Bertz CT molecular complexity index is 426. The highest BCUT2D eigenvalue weighted by molar-refractivity contribution is 5.41. The highest BCUT2D eigenvalue weighted by Crippen LogP contribution is 2.28. The quantitative estimate of drug-likeness (QED) is 0.906. The molecule has 0 unspecified atom stereocenters. The summed E-state index contributed by atoms with van der Waals surface area (Å²) in [5.74, 6) is 0.486. The first kappa shape index (κ1) is 12.9. The maximum Gasteiger partial charge on any atom is 0.0892 e. The van der Waals surface area contributed by atoms with E-state index in [0.717, 1.165) is 43.1 Å². The third-order valence-corrected chi connectivity index (χ3v) is 4.08. The number of pyridine rings is 1. The van der Waals surface area contributed by atoms with Gasteiger partial charge in [0.2, 0.25) is 0 Å². The highest BCUT2D eigenvalue weighted by Gasteiger charge is 2.20. The molecule has 19 heavy (non-hydrogen) atoms. The molecule has 0 atom stereocenters. The lowest BCUT2D eigenvalue weighted by Crippen LogP contribution is -2.22. The molecule has 1 aliphatic carbocycles. The van der Waals surface area contributed by atoms with Gasteiger partial charge < -0.3 is 15.2 Å². The van der Waals surface area contributed by atoms with Crippen LogP contribution in [0.1, 0.15) is 49.4 Å². The van der Waals surface area contributed by atoms with Crippen molar-refractivity contribution >= 4 is 5.69 Å². The van der Waals surface area contributed by atoms with Gasteiger partial charge in [0.05, 0.1) is 18.4 Å². The molecule has 1 aliphatic heterocycles. The first-order chi connectivity index (χ1) is 9.31. The van der Waals surface area contributed by atoms with E-state index in [9.17, 15) is 0 Å². The van der Waals surface area contributed by atoms with Crippen molar-refractivity contribution in [3.05, 3.63) is 23.5 Å². The number of nitrogens with zero attached hydrogens (tertiary/aromatic N) is 1. The molecule has 0 amide bonds. The van der Waals surface area contributed by atoms with Crippen molar-refractivity contribution in [2.75, 3.05) is 18.9 Å². The van der Waals surface area contributed by atoms with Crippen LogP contribution >= 0.6 is 0 Å². The zero-order valence-electron chi connectivity index (χ0n) is 11.3. The second-order valence-corrected chi connectivity index (χ2v) is 5.57. The monoisotopic (exact) mass is 262 g/mol. The van der Waals surface area contributed by atoms with E-state index in [1.807, 2.05) is 12.1 Å². The zero-order valence-corrected chi connectivity index (χ0v) is 11.3. The number of rotatable bonds is 4. The van der Waals surface area contributed by atoms with Gasteiger partial charge >= 0.3 is 0 Å². The van der Waals surface area contributed by atoms with Gasteiger partial charge in [-0.25, -0.2) is 0 Å². The Morgan fingerprint density at radius 1 is 1.21 bits per heavy atom. The molecule has 104 valence electrons. The molecule has 1 aromatic heterocycles. The molecule has 3 rings (SSSR count). The average molecular weight is 262 g/mol. The molecule has 0 bridgehead atoms. The summed E-state index contributed by atoms with van der Waals surface area (Å²) in [6.45, 7) is 2.25. The lowest BCUT2D eigenvalue weighted by atomic mass is 9.95. The van der Waals surface area contributed by atoms with Crippen LogP contribution in [0.4, 0.5) is 5.69 Å². The second kappa shape index (κ2) is 5.88. The summed E-state index contributed by atoms with van der Waals surface area (Å²) in [7, 11) is 0. The summed E-state index contributed by atoms with van der Waals surface area (Å²) in [5, 5.41) is 0. The minimum absolute atomic E-state index is 0.440. The topological polar surface area (TPSA) is 57.4 Å². The lowest BCUT2D eigenvalue weighted by molar-refractivity contribution is -0.0102. The van der Waals surface area contributed by atoms with E-state index in [4.69, 9.17) is 20.2 Å². The van der Waals surface area contributed by atoms with Crippen LogP contribution in [-0.2, 0) is 16.1 Å². The van der Waals surface area contributed by atoms with Crippen molar-refractivity contribution < 1.29 is 9.47 Å². The van der Waals surface area contributed by atoms with E-state index >= 15 is 0 Å². The summed E-state index contributed by atoms with van der Waals surface area (Å²) in [6, 6.07) is 3.93. The van der Waals surface area contributed by atoms with E-state index in [0.29, 0.717) is 18.6 Å². The molecule has 2 fully saturated rings. The Kier molecular flexibility index (Phi) is 3.99. The lowest BCUT2D eigenvalue weighted by Gasteiger charge is -2.26. The molecular formula is C15H22N2O2. The van der Waals surface area contributed by atoms with E-state index in [1.54, 1.807) is 0 Å². The van der Waals surface area contributed by atoms with Crippen LogP contribution in [0, 0.1) is 0 Å². The van der Waals surface area contributed by atoms with Crippen molar-refractivity contribution in [3.8, 4) is 0 Å². The zero-order chi connectivity index (χ0) is 13.1. The largest absolute Gasteiger partial charge is 0.399 e. The van der Waals surface area contributed by atoms with Crippen LogP contribution in [-0.4, -0.2) is 24.3 Å². The van der Waals surface area contributed by atoms with Crippen molar-refractivity contribution in [2.45, 2.75) is 50.7 Å². The van der Waals surface area contributed by atoms with Gasteiger partial charge in [0.15, 0.2) is 0 Å². The van der Waals surface area contributed by atoms with Gasteiger partial charge in [-0.15, -0.1) is 0 Å². The smallest absolute Gasteiger partial charge is 0.0892 e. The maximum atomic E-state index is 5.99. The van der Waals surface area contributed by atoms with E-state index in [1.165, 1.54) is 19.3 Å². The Hall–Kier alpha value is -1.13. The van der Waals surface area contributed by atoms with Crippen molar-refractivity contribution in [1.29, 1.82) is 0 Å². The summed E-state index contributed by atoms with van der Waals surface area (Å²) in [6.07, 6.45) is 6.19. The third-order valence-electron chi connectivity index (χ3n) is 4.08. The average Bonchev–Trinajstić information content (AvgIpc) is 2.37. The number of nitrogens with two attached hydrogens (primary N) is 1. The molecule has 1 saturated carbocycles. The van der Waals surface area contributed by atoms with Crippen LogP contribution in [0.15, 0.2) is 12.1 Å². The Morgan fingerprint density at radius 2 is 2.00 bits per heavy atom. The maximum absolute atomic E-state index is 5.99. The van der Waals surface area contributed by atoms with Gasteiger partial charge in [0.25, 0.3) is 0 Å². The predicted molar refractivity (Wildman–Crippen MR) is 73.9 cm³/mol. The molecule has 0 radical (unpaired) electrons. The fraction of sp³-hybridized carbons (Fsp3) is 0.667. The van der Waals surface area contributed by atoms with Gasteiger partial charge in [-0.3, -0.25) is 4.98 Å². The van der Waals surface area contributed by atoms with Gasteiger partial charge in [-0.1, -0.05) is 0 Å². The Labute approximate surface area is 114 Å². The number of hydrogen-bond donors (Lipinski definition) is 1. The van der Waals surface area contributed by atoms with Gasteiger partial charge in [0, 0.05) is 30.5 Å². The normalized spacial score (nSPS) is 21.3. The van der Waals surface area contributed by atoms with Crippen LogP contribution in [0.25, 0.3) is 0 Å². The number of ether oxygens (including phenoxy) is 2. The van der Waals surface area contributed by atoms with Crippen LogP contribution < -0.4 is 5.73 Å². The summed E-state index contributed by atoms with van der Waals surface area (Å²) < 4.78 is 11.2. The highest BCUT2D eigenvalue weighted by atomic mass is 16.5. The summed E-state index contributed by atoms with van der Waals surface area (Å²) in [5.41, 5.74) is 8.86. The molecule has 2 heterocycles. The second-order valence-electron chi connectivity index (χ2n) is 5.57. The number of hydrogen-bond acceptors (Lipinski definition) is 4. The summed E-state index contributed by atoms with van der Waals surface area (Å²) >= 11 is 0. The first-order valence-corrected chi connectivity index (χ1v) is 7.27. The van der Waals surface area contributed by atoms with Crippen molar-refractivity contribution in [1.82, 2.24) is 4.98 Å². The molecular weight excluding hydrogens is 240 g/mol. The predicted octanol–water partition coefficient (Wildman–Crippen LogP) is 2.63. The molecule has 4 heteroatoms. The fourth-order valence-corrected chi connectivity index (χ4v) is 2.65. The molecule has 4 nitrogen and oxygen atoms in total. The van der Waals surface area contributed by atoms with Gasteiger partial charge in [-0.05, 0) is 44.2 Å². The molecule has 0 aromatic carbocycles. The van der Waals surface area contributed by atoms with Crippen molar-refractivity contribution in [3.63, 3.8) is 0 Å². The Morgan fingerprint density at radius 3 is 2.68 bits per heavy atom. The fourth-order valence-electron chi connectivity index (χ4n) is 2.65. The number of anilines is 1. The standard InChI is InChI=1S/C15H22N2O2/c16-12-8-13(10-19-14-2-1-3-14)17-15(9-12)11-4-6-18-7-5-11/h8-9,11,14H,1-7,10H2,(H2,16,17). The number of nitrogen functional groups attached to an aromatic ring is 1. The molecule has 1 saturated heterocycles. The van der Waals surface area contributed by atoms with E-state index < -0.39 is 0 Å². The Balaban J connectivity index is 1.67. The third kappa shape index (κ3) is 3.25. The van der Waals surface area contributed by atoms with Crippen LogP contribution in [0.2, 0.25) is 0 Å². The number of aromatic nitrogens is 1. The SMILES string of the molecule is Nc1cc(COC2CCC2)nc(C2CCOCC2)c1. The van der Waals surface area contributed by atoms with Gasteiger partial charge in [-0.2, -0.15) is 0 Å². The molecule has 2 aliphatic rings. The molecule has 2 N–H and O–H groups in total. The summed E-state index contributed by atoms with van der Waals surface area (Å²) in [4.78, 5) is 4.73. The molecule has 1 aromatic rings. The van der Waals surface area contributed by atoms with Gasteiger partial charge in [0.1, 0.15) is 0 Å². The van der Waals surface area contributed by atoms with Crippen molar-refractivity contribution in [2.24, 2.45) is 0 Å². The van der Waals surface area contributed by atoms with Crippen LogP contribution in [0.5, 0.6) is 0 Å². The van der Waals surface area contributed by atoms with E-state index in [-0.39, 0.29) is 0 Å².